The zero-order valence-corrected chi connectivity index (χ0v) is 44.6. The maximum Gasteiger partial charge on any atom is 0.306 e. The molecule has 0 aromatic carbocycles. The smallest absolute Gasteiger partial charge is 0.306 e. The van der Waals surface area contributed by atoms with E-state index >= 15 is 0 Å². The largest absolute Gasteiger partial charge is 0.462 e. The van der Waals surface area contributed by atoms with Crippen molar-refractivity contribution in [3.8, 4) is 0 Å². The summed E-state index contributed by atoms with van der Waals surface area (Å²) in [5.74, 6) is 0.834. The standard InChI is InChI=1S/C59H114O6/c1-6-7-8-9-10-11-12-13-14-15-18-24-29-34-39-44-49-57(60)63-52-56(53-64-58(61)50-45-40-35-30-25-21-20-23-28-33-38-43-48-55(4)5)65-59(62)51-46-41-36-31-26-19-16-17-22-27-32-37-42-47-54(2)3/h54-56H,6-53H2,1-5H3/t56-/m1/s1. The third kappa shape index (κ3) is 53.2. The Balaban J connectivity index is 4.30. The minimum atomic E-state index is -0.763. The van der Waals surface area contributed by atoms with Gasteiger partial charge < -0.3 is 14.2 Å². The van der Waals surface area contributed by atoms with Crippen LogP contribution in [0.4, 0.5) is 0 Å². The Bertz CT molecular complexity index is 993. The first kappa shape index (κ1) is 63.4. The molecule has 0 radical (unpaired) electrons. The molecule has 386 valence electrons. The molecule has 0 rings (SSSR count). The molecule has 0 heterocycles. The van der Waals surface area contributed by atoms with E-state index in [0.717, 1.165) is 69.6 Å². The van der Waals surface area contributed by atoms with E-state index in [-0.39, 0.29) is 31.1 Å². The molecule has 0 saturated carbocycles. The number of esters is 3. The summed E-state index contributed by atoms with van der Waals surface area (Å²) in [6.45, 7) is 11.4. The summed E-state index contributed by atoms with van der Waals surface area (Å²) in [5.41, 5.74) is 0. The van der Waals surface area contributed by atoms with E-state index in [1.165, 1.54) is 218 Å². The van der Waals surface area contributed by atoms with Crippen molar-refractivity contribution in [3.05, 3.63) is 0 Å². The lowest BCUT2D eigenvalue weighted by molar-refractivity contribution is -0.167. The second kappa shape index (κ2) is 51.8. The Morgan fingerprint density at radius 3 is 0.754 bits per heavy atom. The maximum atomic E-state index is 12.9. The van der Waals surface area contributed by atoms with E-state index in [0.29, 0.717) is 19.3 Å². The molecule has 0 aromatic rings. The molecular weight excluding hydrogens is 805 g/mol. The van der Waals surface area contributed by atoms with E-state index in [9.17, 15) is 14.4 Å². The third-order valence-corrected chi connectivity index (χ3v) is 13.5. The fraction of sp³-hybridized carbons (Fsp3) is 0.949. The zero-order valence-electron chi connectivity index (χ0n) is 44.6. The molecule has 0 fully saturated rings. The highest BCUT2D eigenvalue weighted by Gasteiger charge is 2.19. The second-order valence-corrected chi connectivity index (χ2v) is 21.2. The normalized spacial score (nSPS) is 12.0. The van der Waals surface area contributed by atoms with Crippen LogP contribution in [0.5, 0.6) is 0 Å². The fourth-order valence-electron chi connectivity index (χ4n) is 9.05. The van der Waals surface area contributed by atoms with Crippen LogP contribution in [-0.2, 0) is 28.6 Å². The summed E-state index contributed by atoms with van der Waals surface area (Å²) in [6, 6.07) is 0. The lowest BCUT2D eigenvalue weighted by atomic mass is 10.0. The molecule has 0 aromatic heterocycles. The number of ether oxygens (including phenoxy) is 3. The van der Waals surface area contributed by atoms with Gasteiger partial charge in [0.25, 0.3) is 0 Å². The average Bonchev–Trinajstić information content (AvgIpc) is 3.28. The highest BCUT2D eigenvalue weighted by atomic mass is 16.6. The fourth-order valence-corrected chi connectivity index (χ4v) is 9.05. The lowest BCUT2D eigenvalue weighted by Crippen LogP contribution is -2.30. The van der Waals surface area contributed by atoms with E-state index in [1.807, 2.05) is 0 Å². The molecule has 0 aliphatic rings. The van der Waals surface area contributed by atoms with Gasteiger partial charge in [0.05, 0.1) is 0 Å². The van der Waals surface area contributed by atoms with Gasteiger partial charge in [-0.15, -0.1) is 0 Å². The van der Waals surface area contributed by atoms with Gasteiger partial charge in [-0.05, 0) is 31.1 Å². The summed E-state index contributed by atoms with van der Waals surface area (Å²) < 4.78 is 16.9. The summed E-state index contributed by atoms with van der Waals surface area (Å²) in [5, 5.41) is 0. The van der Waals surface area contributed by atoms with Crippen molar-refractivity contribution in [1.82, 2.24) is 0 Å². The number of rotatable bonds is 53. The van der Waals surface area contributed by atoms with Crippen LogP contribution >= 0.6 is 0 Å². The van der Waals surface area contributed by atoms with Crippen molar-refractivity contribution in [3.63, 3.8) is 0 Å². The van der Waals surface area contributed by atoms with Gasteiger partial charge in [0, 0.05) is 19.3 Å². The van der Waals surface area contributed by atoms with Gasteiger partial charge in [0.15, 0.2) is 6.10 Å². The Morgan fingerprint density at radius 2 is 0.508 bits per heavy atom. The molecule has 0 aliphatic heterocycles. The minimum absolute atomic E-state index is 0.0625. The van der Waals surface area contributed by atoms with E-state index in [2.05, 4.69) is 34.6 Å². The third-order valence-electron chi connectivity index (χ3n) is 13.5. The van der Waals surface area contributed by atoms with Crippen molar-refractivity contribution in [1.29, 1.82) is 0 Å². The number of carbonyl (C=O) groups excluding carboxylic acids is 3. The first-order chi connectivity index (χ1) is 31.7. The molecule has 0 bridgehead atoms. The number of unbranched alkanes of at least 4 members (excludes halogenated alkanes) is 38. The van der Waals surface area contributed by atoms with Crippen LogP contribution in [0.3, 0.4) is 0 Å². The Hall–Kier alpha value is -1.59. The van der Waals surface area contributed by atoms with Crippen LogP contribution in [0.1, 0.15) is 330 Å². The second-order valence-electron chi connectivity index (χ2n) is 21.2. The number of hydrogen-bond donors (Lipinski definition) is 0. The molecule has 6 heteroatoms. The summed E-state index contributed by atoms with van der Waals surface area (Å²) in [7, 11) is 0. The molecule has 0 N–H and O–H groups in total. The van der Waals surface area contributed by atoms with Crippen LogP contribution in [0.2, 0.25) is 0 Å². The molecular formula is C59H114O6. The molecule has 0 amide bonds. The van der Waals surface area contributed by atoms with Crippen molar-refractivity contribution in [2.45, 2.75) is 336 Å². The lowest BCUT2D eigenvalue weighted by Gasteiger charge is -2.18. The molecule has 0 aliphatic carbocycles. The van der Waals surface area contributed by atoms with Crippen molar-refractivity contribution in [2.75, 3.05) is 13.2 Å². The summed E-state index contributed by atoms with van der Waals surface area (Å²) in [4.78, 5) is 38.2. The number of carbonyl (C=O) groups is 3. The van der Waals surface area contributed by atoms with Crippen molar-refractivity contribution >= 4 is 17.9 Å². The van der Waals surface area contributed by atoms with Gasteiger partial charge in [-0.2, -0.15) is 0 Å². The van der Waals surface area contributed by atoms with Gasteiger partial charge in [0.1, 0.15) is 13.2 Å². The molecule has 0 unspecified atom stereocenters. The van der Waals surface area contributed by atoms with Crippen LogP contribution in [0, 0.1) is 11.8 Å². The highest BCUT2D eigenvalue weighted by molar-refractivity contribution is 5.71. The van der Waals surface area contributed by atoms with E-state index in [4.69, 9.17) is 14.2 Å². The van der Waals surface area contributed by atoms with Gasteiger partial charge in [-0.25, -0.2) is 0 Å². The predicted molar refractivity (Wildman–Crippen MR) is 280 cm³/mol. The quantitative estimate of drug-likeness (QED) is 0.0344. The van der Waals surface area contributed by atoms with Crippen LogP contribution in [0.15, 0.2) is 0 Å². The maximum absolute atomic E-state index is 12.9. The zero-order chi connectivity index (χ0) is 47.5. The average molecular weight is 920 g/mol. The minimum Gasteiger partial charge on any atom is -0.462 e. The van der Waals surface area contributed by atoms with E-state index in [1.54, 1.807) is 0 Å². The molecule has 6 nitrogen and oxygen atoms in total. The predicted octanol–water partition coefficient (Wildman–Crippen LogP) is 19.3. The van der Waals surface area contributed by atoms with Crippen LogP contribution in [0.25, 0.3) is 0 Å². The molecule has 65 heavy (non-hydrogen) atoms. The molecule has 0 spiro atoms. The van der Waals surface area contributed by atoms with Crippen LogP contribution < -0.4 is 0 Å². The van der Waals surface area contributed by atoms with Crippen molar-refractivity contribution < 1.29 is 28.6 Å². The van der Waals surface area contributed by atoms with Gasteiger partial charge in [-0.1, -0.05) is 291 Å². The van der Waals surface area contributed by atoms with E-state index < -0.39 is 6.10 Å². The monoisotopic (exact) mass is 919 g/mol. The van der Waals surface area contributed by atoms with Gasteiger partial charge >= 0.3 is 17.9 Å². The Labute approximate surface area is 406 Å². The van der Waals surface area contributed by atoms with Gasteiger partial charge in [-0.3, -0.25) is 14.4 Å². The summed E-state index contributed by atoms with van der Waals surface area (Å²) in [6.07, 6.45) is 55.2. The topological polar surface area (TPSA) is 78.9 Å². The first-order valence-corrected chi connectivity index (χ1v) is 29.2. The first-order valence-electron chi connectivity index (χ1n) is 29.2. The van der Waals surface area contributed by atoms with Crippen LogP contribution in [-0.4, -0.2) is 37.2 Å². The summed E-state index contributed by atoms with van der Waals surface area (Å²) >= 11 is 0. The number of hydrogen-bond acceptors (Lipinski definition) is 6. The highest BCUT2D eigenvalue weighted by Crippen LogP contribution is 2.18. The van der Waals surface area contributed by atoms with Gasteiger partial charge in [0.2, 0.25) is 0 Å². The SMILES string of the molecule is CCCCCCCCCCCCCCCCCCC(=O)OC[C@H](COC(=O)CCCCCCCCCCCCCCC(C)C)OC(=O)CCCCCCCCCCCCCCCC(C)C. The molecule has 0 saturated heterocycles. The van der Waals surface area contributed by atoms with Crippen molar-refractivity contribution in [2.24, 2.45) is 11.8 Å². The Morgan fingerprint density at radius 1 is 0.292 bits per heavy atom. The Kier molecular flexibility index (Phi) is 50.5. The molecule has 1 atom stereocenters.